The second-order valence-electron chi connectivity index (χ2n) is 5.28. The van der Waals surface area contributed by atoms with Gasteiger partial charge in [-0.1, -0.05) is 42.5 Å². The molecule has 0 unspecified atom stereocenters. The maximum absolute atomic E-state index is 12.3. The highest BCUT2D eigenvalue weighted by molar-refractivity contribution is 6.08. The molecule has 2 aromatic carbocycles. The Morgan fingerprint density at radius 2 is 1.75 bits per heavy atom. The van der Waals surface area contributed by atoms with Gasteiger partial charge in [0.05, 0.1) is 29.6 Å². The fourth-order valence-electron chi connectivity index (χ4n) is 2.34. The smallest absolute Gasteiger partial charge is 0.258 e. The molecule has 24 heavy (non-hydrogen) atoms. The van der Waals surface area contributed by atoms with Crippen LogP contribution in [0.3, 0.4) is 0 Å². The number of benzene rings is 2. The maximum Gasteiger partial charge on any atom is 0.258 e. The summed E-state index contributed by atoms with van der Waals surface area (Å²) in [4.78, 5) is 23.7. The van der Waals surface area contributed by atoms with Gasteiger partial charge in [0.15, 0.2) is 0 Å². The fourth-order valence-corrected chi connectivity index (χ4v) is 2.34. The lowest BCUT2D eigenvalue weighted by Gasteiger charge is -2.07. The molecule has 0 radical (unpaired) electrons. The predicted molar refractivity (Wildman–Crippen MR) is 90.7 cm³/mol. The van der Waals surface area contributed by atoms with Gasteiger partial charge in [0.1, 0.15) is 0 Å². The highest BCUT2D eigenvalue weighted by Gasteiger charge is 2.13. The molecule has 2 amide bonds. The number of hydrogen-bond donors (Lipinski definition) is 2. The lowest BCUT2D eigenvalue weighted by atomic mass is 10.1. The Balaban J connectivity index is 1.74. The fraction of sp³-hybridized carbons (Fsp3) is 0.0556. The molecular formula is C18H16N4O2. The third-order valence-corrected chi connectivity index (χ3v) is 3.52. The van der Waals surface area contributed by atoms with E-state index in [0.29, 0.717) is 17.8 Å². The standard InChI is InChI=1S/C18H16N4O2/c19-17(23)15-8-4-5-9-16(15)21-18(24)14-10-20-22(12-14)11-13-6-2-1-3-7-13/h1-10,12H,11H2,(H2,19,23)(H,21,24). The first kappa shape index (κ1) is 15.5. The van der Waals surface area contributed by atoms with Crippen LogP contribution in [-0.4, -0.2) is 21.6 Å². The molecule has 3 rings (SSSR count). The quantitative estimate of drug-likeness (QED) is 0.755. The number of primary amides is 1. The van der Waals surface area contributed by atoms with Crippen LogP contribution in [0.4, 0.5) is 5.69 Å². The second-order valence-corrected chi connectivity index (χ2v) is 5.28. The number of carbonyl (C=O) groups is 2. The molecule has 1 heterocycles. The van der Waals surface area contributed by atoms with Gasteiger partial charge in [-0.2, -0.15) is 5.10 Å². The number of hydrogen-bond acceptors (Lipinski definition) is 3. The van der Waals surface area contributed by atoms with E-state index < -0.39 is 5.91 Å². The van der Waals surface area contributed by atoms with E-state index >= 15 is 0 Å². The number of nitrogens with two attached hydrogens (primary N) is 1. The number of rotatable bonds is 5. The van der Waals surface area contributed by atoms with Crippen molar-refractivity contribution in [1.82, 2.24) is 9.78 Å². The van der Waals surface area contributed by atoms with Gasteiger partial charge in [-0.15, -0.1) is 0 Å². The molecule has 6 heteroatoms. The number of carbonyl (C=O) groups excluding carboxylic acids is 2. The molecule has 0 atom stereocenters. The van der Waals surface area contributed by atoms with Gasteiger partial charge in [-0.3, -0.25) is 14.3 Å². The van der Waals surface area contributed by atoms with Crippen LogP contribution in [0.1, 0.15) is 26.3 Å². The topological polar surface area (TPSA) is 90.0 Å². The highest BCUT2D eigenvalue weighted by Crippen LogP contribution is 2.15. The van der Waals surface area contributed by atoms with Gasteiger partial charge >= 0.3 is 0 Å². The van der Waals surface area contributed by atoms with Crippen LogP contribution in [0, 0.1) is 0 Å². The Hall–Kier alpha value is -3.41. The number of para-hydroxylation sites is 1. The summed E-state index contributed by atoms with van der Waals surface area (Å²) in [5.41, 5.74) is 7.46. The first-order valence-electron chi connectivity index (χ1n) is 7.40. The molecule has 0 bridgehead atoms. The van der Waals surface area contributed by atoms with Crippen LogP contribution in [0.2, 0.25) is 0 Å². The summed E-state index contributed by atoms with van der Waals surface area (Å²) in [5, 5.41) is 6.89. The van der Waals surface area contributed by atoms with Crippen molar-refractivity contribution in [2.24, 2.45) is 5.73 Å². The summed E-state index contributed by atoms with van der Waals surface area (Å²) in [6.07, 6.45) is 3.15. The third kappa shape index (κ3) is 3.49. The molecule has 3 N–H and O–H groups in total. The zero-order valence-corrected chi connectivity index (χ0v) is 12.8. The molecule has 0 fully saturated rings. The molecular weight excluding hydrogens is 304 g/mol. The van der Waals surface area contributed by atoms with E-state index in [-0.39, 0.29) is 11.5 Å². The summed E-state index contributed by atoms with van der Waals surface area (Å²) < 4.78 is 1.68. The lowest BCUT2D eigenvalue weighted by Crippen LogP contribution is -2.17. The molecule has 1 aromatic heterocycles. The molecule has 3 aromatic rings. The van der Waals surface area contributed by atoms with Gasteiger partial charge in [0.25, 0.3) is 11.8 Å². The van der Waals surface area contributed by atoms with Crippen molar-refractivity contribution >= 4 is 17.5 Å². The van der Waals surface area contributed by atoms with Gasteiger partial charge < -0.3 is 11.1 Å². The summed E-state index contributed by atoms with van der Waals surface area (Å²) in [5.74, 6) is -0.936. The molecule has 0 aliphatic carbocycles. The largest absolute Gasteiger partial charge is 0.366 e. The first-order valence-corrected chi connectivity index (χ1v) is 7.40. The Labute approximate surface area is 138 Å². The third-order valence-electron chi connectivity index (χ3n) is 3.52. The number of aromatic nitrogens is 2. The molecule has 0 spiro atoms. The average molecular weight is 320 g/mol. The average Bonchev–Trinajstić information content (AvgIpc) is 3.05. The van der Waals surface area contributed by atoms with E-state index in [4.69, 9.17) is 5.73 Å². The Morgan fingerprint density at radius 1 is 1.04 bits per heavy atom. The van der Waals surface area contributed by atoms with Crippen molar-refractivity contribution in [2.45, 2.75) is 6.54 Å². The normalized spacial score (nSPS) is 10.3. The zero-order valence-electron chi connectivity index (χ0n) is 12.8. The SMILES string of the molecule is NC(=O)c1ccccc1NC(=O)c1cnn(Cc2ccccc2)c1. The molecule has 0 saturated carbocycles. The van der Waals surface area contributed by atoms with E-state index in [9.17, 15) is 9.59 Å². The van der Waals surface area contributed by atoms with Crippen LogP contribution >= 0.6 is 0 Å². The van der Waals surface area contributed by atoms with Crippen molar-refractivity contribution in [3.63, 3.8) is 0 Å². The van der Waals surface area contributed by atoms with Crippen LogP contribution < -0.4 is 11.1 Å². The zero-order chi connectivity index (χ0) is 16.9. The van der Waals surface area contributed by atoms with Crippen LogP contribution in [0.5, 0.6) is 0 Å². The summed E-state index contributed by atoms with van der Waals surface area (Å²) in [7, 11) is 0. The maximum atomic E-state index is 12.3. The van der Waals surface area contributed by atoms with Crippen molar-refractivity contribution in [1.29, 1.82) is 0 Å². The van der Waals surface area contributed by atoms with E-state index in [1.54, 1.807) is 35.1 Å². The Morgan fingerprint density at radius 3 is 2.50 bits per heavy atom. The van der Waals surface area contributed by atoms with Gasteiger partial charge in [-0.25, -0.2) is 0 Å². The summed E-state index contributed by atoms with van der Waals surface area (Å²) >= 11 is 0. The molecule has 120 valence electrons. The summed E-state index contributed by atoms with van der Waals surface area (Å²) in [6.45, 7) is 0.575. The second kappa shape index (κ2) is 6.78. The minimum absolute atomic E-state index is 0.266. The minimum Gasteiger partial charge on any atom is -0.366 e. The van der Waals surface area contributed by atoms with E-state index in [1.165, 1.54) is 6.20 Å². The van der Waals surface area contributed by atoms with Crippen molar-refractivity contribution < 1.29 is 9.59 Å². The predicted octanol–water partition coefficient (Wildman–Crippen LogP) is 2.28. The lowest BCUT2D eigenvalue weighted by molar-refractivity contribution is 0.100. The molecule has 0 saturated heterocycles. The molecule has 0 aliphatic rings. The van der Waals surface area contributed by atoms with Gasteiger partial charge in [0.2, 0.25) is 0 Å². The minimum atomic E-state index is -0.592. The number of nitrogens with one attached hydrogen (secondary N) is 1. The first-order chi connectivity index (χ1) is 11.6. The van der Waals surface area contributed by atoms with Crippen LogP contribution in [0.15, 0.2) is 67.0 Å². The van der Waals surface area contributed by atoms with E-state index in [0.717, 1.165) is 5.56 Å². The van der Waals surface area contributed by atoms with Crippen molar-refractivity contribution in [3.8, 4) is 0 Å². The molecule has 0 aliphatic heterocycles. The Bertz CT molecular complexity index is 871. The number of anilines is 1. The van der Waals surface area contributed by atoms with Gasteiger partial charge in [-0.05, 0) is 17.7 Å². The monoisotopic (exact) mass is 320 g/mol. The Kier molecular flexibility index (Phi) is 4.38. The molecule has 6 nitrogen and oxygen atoms in total. The van der Waals surface area contributed by atoms with Crippen molar-refractivity contribution in [3.05, 3.63) is 83.7 Å². The van der Waals surface area contributed by atoms with Crippen LogP contribution in [-0.2, 0) is 6.54 Å². The number of nitrogens with zero attached hydrogens (tertiary/aromatic N) is 2. The summed E-state index contributed by atoms with van der Waals surface area (Å²) in [6, 6.07) is 16.4. The highest BCUT2D eigenvalue weighted by atomic mass is 16.2. The van der Waals surface area contributed by atoms with Crippen molar-refractivity contribution in [2.75, 3.05) is 5.32 Å². The van der Waals surface area contributed by atoms with Gasteiger partial charge in [0, 0.05) is 6.20 Å². The van der Waals surface area contributed by atoms with E-state index in [2.05, 4.69) is 10.4 Å². The van der Waals surface area contributed by atoms with Crippen LogP contribution in [0.25, 0.3) is 0 Å². The number of amides is 2. The van der Waals surface area contributed by atoms with E-state index in [1.807, 2.05) is 30.3 Å².